The van der Waals surface area contributed by atoms with Crippen LogP contribution in [0.4, 0.5) is 17.1 Å². The van der Waals surface area contributed by atoms with Gasteiger partial charge in [0.1, 0.15) is 0 Å². The summed E-state index contributed by atoms with van der Waals surface area (Å²) in [5, 5.41) is 5.16. The molecule has 48 heavy (non-hydrogen) atoms. The molecule has 0 aliphatic carbocycles. The molecule has 0 spiro atoms. The molecule has 0 aliphatic heterocycles. The van der Waals surface area contributed by atoms with Crippen molar-refractivity contribution in [3.05, 3.63) is 188 Å². The highest BCUT2D eigenvalue weighted by molar-refractivity contribution is 7.26. The van der Waals surface area contributed by atoms with Gasteiger partial charge in [0.05, 0.1) is 0 Å². The van der Waals surface area contributed by atoms with E-state index in [1.54, 1.807) is 0 Å². The molecule has 0 atom stereocenters. The fourth-order valence-corrected chi connectivity index (χ4v) is 8.17. The summed E-state index contributed by atoms with van der Waals surface area (Å²) >= 11 is 1.88. The van der Waals surface area contributed by atoms with E-state index in [4.69, 9.17) is 0 Å². The number of rotatable bonds is 6. The number of fused-ring (bicyclic) bond motifs is 4. The zero-order valence-electron chi connectivity index (χ0n) is 26.3. The second kappa shape index (κ2) is 12.0. The molecule has 0 saturated carbocycles. The predicted molar refractivity (Wildman–Crippen MR) is 208 cm³/mol. The molecule has 0 saturated heterocycles. The smallest absolute Gasteiger partial charge is 0.0467 e. The molecule has 0 bridgehead atoms. The molecule has 1 nitrogen and oxygen atoms in total. The Kier molecular flexibility index (Phi) is 7.07. The lowest BCUT2D eigenvalue weighted by Gasteiger charge is -2.26. The average molecular weight is 630 g/mol. The average Bonchev–Trinajstić information content (AvgIpc) is 3.55. The zero-order chi connectivity index (χ0) is 31.9. The lowest BCUT2D eigenvalue weighted by molar-refractivity contribution is 1.28. The van der Waals surface area contributed by atoms with Crippen LogP contribution in [-0.2, 0) is 0 Å². The lowest BCUT2D eigenvalue weighted by atomic mass is 9.97. The van der Waals surface area contributed by atoms with E-state index in [2.05, 4.69) is 193 Å². The summed E-state index contributed by atoms with van der Waals surface area (Å²) in [6, 6.07) is 68.1. The third-order valence-corrected chi connectivity index (χ3v) is 10.5. The van der Waals surface area contributed by atoms with Crippen LogP contribution in [0, 0.1) is 0 Å². The highest BCUT2D eigenvalue weighted by atomic mass is 32.1. The van der Waals surface area contributed by atoms with Crippen LogP contribution in [0.15, 0.2) is 188 Å². The van der Waals surface area contributed by atoms with E-state index in [9.17, 15) is 0 Å². The van der Waals surface area contributed by atoms with E-state index < -0.39 is 0 Å². The number of hydrogen-bond acceptors (Lipinski definition) is 2. The highest BCUT2D eigenvalue weighted by Gasteiger charge is 2.16. The van der Waals surface area contributed by atoms with Crippen LogP contribution in [0.5, 0.6) is 0 Å². The summed E-state index contributed by atoms with van der Waals surface area (Å²) in [7, 11) is 0. The monoisotopic (exact) mass is 629 g/mol. The Morgan fingerprint density at radius 3 is 1.71 bits per heavy atom. The standard InChI is InChI=1S/C46H31NS/c1-2-11-32(12-3-1)33-23-27-37(28-24-33)47(39-16-8-15-36(31-39)41-19-9-14-34-13-4-5-17-40(34)41)38-29-25-35(26-30-38)42-20-10-21-44-43-18-6-7-22-45(43)48-46(42)44/h1-31H. The van der Waals surface area contributed by atoms with Gasteiger partial charge < -0.3 is 4.90 Å². The van der Waals surface area contributed by atoms with Crippen molar-refractivity contribution in [3.63, 3.8) is 0 Å². The van der Waals surface area contributed by atoms with Crippen molar-refractivity contribution in [3.8, 4) is 33.4 Å². The van der Waals surface area contributed by atoms with Crippen LogP contribution < -0.4 is 4.90 Å². The molecule has 1 aromatic heterocycles. The maximum atomic E-state index is 2.37. The van der Waals surface area contributed by atoms with Gasteiger partial charge in [0, 0.05) is 37.2 Å². The first-order valence-electron chi connectivity index (χ1n) is 16.3. The van der Waals surface area contributed by atoms with Gasteiger partial charge >= 0.3 is 0 Å². The number of hydrogen-bond donors (Lipinski definition) is 0. The van der Waals surface area contributed by atoms with Crippen LogP contribution >= 0.6 is 11.3 Å². The van der Waals surface area contributed by atoms with Crippen LogP contribution in [0.3, 0.4) is 0 Å². The van der Waals surface area contributed by atoms with Crippen molar-refractivity contribution in [1.29, 1.82) is 0 Å². The van der Waals surface area contributed by atoms with Gasteiger partial charge in [0.2, 0.25) is 0 Å². The molecule has 0 unspecified atom stereocenters. The summed E-state index contributed by atoms with van der Waals surface area (Å²) in [5.74, 6) is 0. The SMILES string of the molecule is c1ccc(-c2ccc(N(c3ccc(-c4cccc5c4sc4ccccc45)cc3)c3cccc(-c4cccc5ccccc45)c3)cc2)cc1. The number of thiophene rings is 1. The molecular weight excluding hydrogens is 599 g/mol. The molecule has 2 heteroatoms. The van der Waals surface area contributed by atoms with Gasteiger partial charge in [-0.3, -0.25) is 0 Å². The first kappa shape index (κ1) is 28.3. The van der Waals surface area contributed by atoms with E-state index in [1.165, 1.54) is 64.3 Å². The lowest BCUT2D eigenvalue weighted by Crippen LogP contribution is -2.10. The third-order valence-electron chi connectivity index (χ3n) is 9.28. The van der Waals surface area contributed by atoms with Crippen molar-refractivity contribution in [2.45, 2.75) is 0 Å². The van der Waals surface area contributed by atoms with Gasteiger partial charge in [0.15, 0.2) is 0 Å². The molecule has 226 valence electrons. The molecule has 0 radical (unpaired) electrons. The molecular formula is C46H31NS. The molecule has 0 N–H and O–H groups in total. The number of anilines is 3. The van der Waals surface area contributed by atoms with E-state index in [0.717, 1.165) is 17.1 Å². The molecule has 9 rings (SSSR count). The minimum absolute atomic E-state index is 1.11. The molecule has 8 aromatic carbocycles. The summed E-state index contributed by atoms with van der Waals surface area (Å²) in [4.78, 5) is 2.37. The summed E-state index contributed by atoms with van der Waals surface area (Å²) in [6.45, 7) is 0. The van der Waals surface area contributed by atoms with E-state index in [1.807, 2.05) is 11.3 Å². The van der Waals surface area contributed by atoms with E-state index >= 15 is 0 Å². The Labute approximate surface area is 284 Å². The van der Waals surface area contributed by atoms with Crippen molar-refractivity contribution in [2.24, 2.45) is 0 Å². The van der Waals surface area contributed by atoms with Crippen molar-refractivity contribution < 1.29 is 0 Å². The molecule has 0 aliphatic rings. The van der Waals surface area contributed by atoms with E-state index in [-0.39, 0.29) is 0 Å². The maximum Gasteiger partial charge on any atom is 0.0467 e. The second-order valence-electron chi connectivity index (χ2n) is 12.2. The number of nitrogens with zero attached hydrogens (tertiary/aromatic N) is 1. The fraction of sp³-hybridized carbons (Fsp3) is 0. The van der Waals surface area contributed by atoms with Gasteiger partial charge in [-0.2, -0.15) is 0 Å². The Morgan fingerprint density at radius 1 is 0.333 bits per heavy atom. The van der Waals surface area contributed by atoms with Crippen LogP contribution in [0.1, 0.15) is 0 Å². The largest absolute Gasteiger partial charge is 0.310 e. The van der Waals surface area contributed by atoms with Crippen molar-refractivity contribution in [1.82, 2.24) is 0 Å². The Balaban J connectivity index is 1.16. The number of benzene rings is 8. The Morgan fingerprint density at radius 2 is 0.896 bits per heavy atom. The van der Waals surface area contributed by atoms with Crippen LogP contribution in [0.2, 0.25) is 0 Å². The highest BCUT2D eigenvalue weighted by Crippen LogP contribution is 2.42. The predicted octanol–water partition coefficient (Wildman–Crippen LogP) is 13.7. The molecule has 9 aromatic rings. The van der Waals surface area contributed by atoms with Crippen LogP contribution in [0.25, 0.3) is 64.3 Å². The molecule has 0 fully saturated rings. The van der Waals surface area contributed by atoms with E-state index in [0.29, 0.717) is 0 Å². The first-order valence-corrected chi connectivity index (χ1v) is 17.2. The van der Waals surface area contributed by atoms with Crippen molar-refractivity contribution >= 4 is 59.3 Å². The Bertz CT molecular complexity index is 2540. The summed E-state index contributed by atoms with van der Waals surface area (Å²) < 4.78 is 2.66. The molecule has 0 amide bonds. The Hall–Kier alpha value is -5.96. The summed E-state index contributed by atoms with van der Waals surface area (Å²) in [6.07, 6.45) is 0. The second-order valence-corrected chi connectivity index (χ2v) is 13.2. The fourth-order valence-electron chi connectivity index (χ4n) is 6.93. The van der Waals surface area contributed by atoms with Gasteiger partial charge in [-0.1, -0.05) is 146 Å². The maximum absolute atomic E-state index is 2.37. The summed E-state index contributed by atoms with van der Waals surface area (Å²) in [5.41, 5.74) is 10.7. The van der Waals surface area contributed by atoms with Gasteiger partial charge in [-0.05, 0) is 86.6 Å². The van der Waals surface area contributed by atoms with Crippen LogP contribution in [-0.4, -0.2) is 0 Å². The minimum Gasteiger partial charge on any atom is -0.310 e. The first-order chi connectivity index (χ1) is 23.8. The minimum atomic E-state index is 1.11. The topological polar surface area (TPSA) is 3.24 Å². The van der Waals surface area contributed by atoms with Gasteiger partial charge in [-0.25, -0.2) is 0 Å². The third kappa shape index (κ3) is 5.04. The quantitative estimate of drug-likeness (QED) is 0.177. The normalized spacial score (nSPS) is 11.3. The molecule has 1 heterocycles. The van der Waals surface area contributed by atoms with Gasteiger partial charge in [-0.15, -0.1) is 11.3 Å². The van der Waals surface area contributed by atoms with Gasteiger partial charge in [0.25, 0.3) is 0 Å². The zero-order valence-corrected chi connectivity index (χ0v) is 27.1. The van der Waals surface area contributed by atoms with Crippen molar-refractivity contribution in [2.75, 3.05) is 4.90 Å².